The van der Waals surface area contributed by atoms with Crippen molar-refractivity contribution in [3.05, 3.63) is 47.9 Å². The SMILES string of the molecule is Cc1cncc(Oc2ccc(C=NNC(N)=O)cc2)n1. The van der Waals surface area contributed by atoms with Crippen LogP contribution in [0.15, 0.2) is 41.8 Å². The third-order valence-corrected chi connectivity index (χ3v) is 2.22. The molecule has 102 valence electrons. The van der Waals surface area contributed by atoms with Crippen molar-refractivity contribution in [2.45, 2.75) is 6.92 Å². The number of nitrogens with two attached hydrogens (primary N) is 1. The highest BCUT2D eigenvalue weighted by Crippen LogP contribution is 2.18. The van der Waals surface area contributed by atoms with E-state index in [-0.39, 0.29) is 0 Å². The number of hydrogen-bond acceptors (Lipinski definition) is 5. The van der Waals surface area contributed by atoms with Crippen LogP contribution >= 0.6 is 0 Å². The van der Waals surface area contributed by atoms with Gasteiger partial charge in [0, 0.05) is 6.20 Å². The normalized spacial score (nSPS) is 10.4. The first kappa shape index (κ1) is 13.5. The molecule has 2 rings (SSSR count). The van der Waals surface area contributed by atoms with Crippen molar-refractivity contribution in [2.24, 2.45) is 10.8 Å². The van der Waals surface area contributed by atoms with E-state index < -0.39 is 6.03 Å². The Kier molecular flexibility index (Phi) is 4.23. The van der Waals surface area contributed by atoms with Crippen molar-refractivity contribution in [1.29, 1.82) is 0 Å². The molecule has 1 heterocycles. The number of hydrazone groups is 1. The monoisotopic (exact) mass is 271 g/mol. The van der Waals surface area contributed by atoms with E-state index in [0.717, 1.165) is 11.3 Å². The van der Waals surface area contributed by atoms with Crippen LogP contribution in [0.5, 0.6) is 11.6 Å². The summed E-state index contributed by atoms with van der Waals surface area (Å²) in [7, 11) is 0. The van der Waals surface area contributed by atoms with Gasteiger partial charge in [0.05, 0.1) is 18.1 Å². The lowest BCUT2D eigenvalue weighted by Crippen LogP contribution is -2.24. The second kappa shape index (κ2) is 6.28. The average Bonchev–Trinajstić information content (AvgIpc) is 2.40. The van der Waals surface area contributed by atoms with Crippen LogP contribution < -0.4 is 15.9 Å². The van der Waals surface area contributed by atoms with Crippen molar-refractivity contribution in [3.8, 4) is 11.6 Å². The second-order valence-corrected chi connectivity index (χ2v) is 3.90. The van der Waals surface area contributed by atoms with Crippen LogP contribution in [-0.4, -0.2) is 22.2 Å². The molecule has 0 bridgehead atoms. The Labute approximate surface area is 115 Å². The van der Waals surface area contributed by atoms with Crippen molar-refractivity contribution >= 4 is 12.2 Å². The molecule has 0 spiro atoms. The molecule has 7 nitrogen and oxygen atoms in total. The molecular formula is C13H13N5O2. The predicted molar refractivity (Wildman–Crippen MR) is 73.6 cm³/mol. The fraction of sp³-hybridized carbons (Fsp3) is 0.0769. The maximum atomic E-state index is 10.4. The van der Waals surface area contributed by atoms with Crippen LogP contribution in [0.1, 0.15) is 11.3 Å². The molecule has 1 aromatic heterocycles. The number of nitrogens with zero attached hydrogens (tertiary/aromatic N) is 3. The highest BCUT2D eigenvalue weighted by molar-refractivity contribution is 5.81. The van der Waals surface area contributed by atoms with Crippen LogP contribution in [-0.2, 0) is 0 Å². The zero-order valence-corrected chi connectivity index (χ0v) is 10.8. The molecule has 0 radical (unpaired) electrons. The summed E-state index contributed by atoms with van der Waals surface area (Å²) in [5.41, 5.74) is 8.57. The number of carbonyl (C=O) groups is 1. The Bertz CT molecular complexity index is 625. The fourth-order valence-corrected chi connectivity index (χ4v) is 1.40. The molecule has 2 aromatic rings. The minimum absolute atomic E-state index is 0.432. The molecule has 0 aliphatic heterocycles. The van der Waals surface area contributed by atoms with Gasteiger partial charge in [-0.1, -0.05) is 0 Å². The second-order valence-electron chi connectivity index (χ2n) is 3.90. The highest BCUT2D eigenvalue weighted by Gasteiger charge is 1.99. The van der Waals surface area contributed by atoms with Gasteiger partial charge in [-0.2, -0.15) is 5.10 Å². The smallest absolute Gasteiger partial charge is 0.332 e. The quantitative estimate of drug-likeness (QED) is 0.650. The summed E-state index contributed by atoms with van der Waals surface area (Å²) in [5.74, 6) is 1.06. The third-order valence-electron chi connectivity index (χ3n) is 2.22. The first-order valence-corrected chi connectivity index (χ1v) is 5.78. The number of hydrogen-bond donors (Lipinski definition) is 2. The molecular weight excluding hydrogens is 258 g/mol. The standard InChI is InChI=1S/C13H13N5O2/c1-9-6-15-8-12(17-9)20-11-4-2-10(3-5-11)7-16-18-13(14)19/h2-8H,1H3,(H3,14,18,19). The van der Waals surface area contributed by atoms with E-state index in [2.05, 4.69) is 20.5 Å². The zero-order chi connectivity index (χ0) is 14.4. The number of benzene rings is 1. The maximum Gasteiger partial charge on any atom is 0.332 e. The number of aryl methyl sites for hydroxylation is 1. The Hall–Kier alpha value is -2.96. The first-order chi connectivity index (χ1) is 9.63. The molecule has 0 aliphatic rings. The van der Waals surface area contributed by atoms with Gasteiger partial charge in [0.15, 0.2) is 0 Å². The molecule has 3 N–H and O–H groups in total. The lowest BCUT2D eigenvalue weighted by atomic mass is 10.2. The van der Waals surface area contributed by atoms with E-state index in [0.29, 0.717) is 11.6 Å². The van der Waals surface area contributed by atoms with Crippen LogP contribution in [0, 0.1) is 6.92 Å². The Morgan fingerprint density at radius 2 is 2.10 bits per heavy atom. The van der Waals surface area contributed by atoms with E-state index in [1.54, 1.807) is 36.7 Å². The van der Waals surface area contributed by atoms with E-state index in [9.17, 15) is 4.79 Å². The lowest BCUT2D eigenvalue weighted by Gasteiger charge is -2.04. The number of amides is 2. The number of ether oxygens (including phenoxy) is 1. The van der Waals surface area contributed by atoms with Crippen molar-refractivity contribution in [1.82, 2.24) is 15.4 Å². The molecule has 0 fully saturated rings. The van der Waals surface area contributed by atoms with Crippen molar-refractivity contribution in [2.75, 3.05) is 0 Å². The van der Waals surface area contributed by atoms with Crippen LogP contribution in [0.3, 0.4) is 0 Å². The average molecular weight is 271 g/mol. The van der Waals surface area contributed by atoms with E-state index in [1.165, 1.54) is 6.21 Å². The van der Waals surface area contributed by atoms with Gasteiger partial charge in [-0.05, 0) is 36.8 Å². The number of aromatic nitrogens is 2. The van der Waals surface area contributed by atoms with Gasteiger partial charge >= 0.3 is 6.03 Å². The summed E-state index contributed by atoms with van der Waals surface area (Å²) in [6.07, 6.45) is 4.66. The molecule has 0 unspecified atom stereocenters. The van der Waals surface area contributed by atoms with Gasteiger partial charge in [0.1, 0.15) is 5.75 Å². The summed E-state index contributed by atoms with van der Waals surface area (Å²) in [6, 6.07) is 6.38. The van der Waals surface area contributed by atoms with E-state index in [4.69, 9.17) is 10.5 Å². The molecule has 0 atom stereocenters. The molecule has 0 saturated carbocycles. The minimum Gasteiger partial charge on any atom is -0.437 e. The van der Waals surface area contributed by atoms with Crippen LogP contribution in [0.2, 0.25) is 0 Å². The largest absolute Gasteiger partial charge is 0.437 e. The molecule has 0 aliphatic carbocycles. The summed E-state index contributed by atoms with van der Waals surface area (Å²) in [6.45, 7) is 1.84. The number of primary amides is 1. The van der Waals surface area contributed by atoms with Gasteiger partial charge < -0.3 is 10.5 Å². The highest BCUT2D eigenvalue weighted by atomic mass is 16.5. The summed E-state index contributed by atoms with van der Waals surface area (Å²) >= 11 is 0. The molecule has 0 saturated heterocycles. The van der Waals surface area contributed by atoms with Gasteiger partial charge in [-0.15, -0.1) is 0 Å². The molecule has 7 heteroatoms. The number of nitrogens with one attached hydrogen (secondary N) is 1. The topological polar surface area (TPSA) is 102 Å². The zero-order valence-electron chi connectivity index (χ0n) is 10.8. The molecule has 20 heavy (non-hydrogen) atoms. The lowest BCUT2D eigenvalue weighted by molar-refractivity contribution is 0.249. The summed E-state index contributed by atoms with van der Waals surface area (Å²) < 4.78 is 5.55. The minimum atomic E-state index is -0.709. The Morgan fingerprint density at radius 1 is 1.35 bits per heavy atom. The molecule has 1 aromatic carbocycles. The van der Waals surface area contributed by atoms with Crippen LogP contribution in [0.4, 0.5) is 4.79 Å². The van der Waals surface area contributed by atoms with Gasteiger partial charge in [0.25, 0.3) is 0 Å². The predicted octanol–water partition coefficient (Wildman–Crippen LogP) is 1.58. The number of urea groups is 1. The van der Waals surface area contributed by atoms with Gasteiger partial charge in [0.2, 0.25) is 5.88 Å². The first-order valence-electron chi connectivity index (χ1n) is 5.78. The third kappa shape index (κ3) is 4.05. The van der Waals surface area contributed by atoms with Crippen molar-refractivity contribution in [3.63, 3.8) is 0 Å². The Morgan fingerprint density at radius 3 is 2.75 bits per heavy atom. The van der Waals surface area contributed by atoms with Crippen LogP contribution in [0.25, 0.3) is 0 Å². The number of carbonyl (C=O) groups excluding carboxylic acids is 1. The van der Waals surface area contributed by atoms with Gasteiger partial charge in [-0.25, -0.2) is 15.2 Å². The van der Waals surface area contributed by atoms with Gasteiger partial charge in [-0.3, -0.25) is 4.98 Å². The Balaban J connectivity index is 2.01. The summed E-state index contributed by atoms with van der Waals surface area (Å²) in [4.78, 5) is 18.6. The van der Waals surface area contributed by atoms with E-state index in [1.807, 2.05) is 6.92 Å². The maximum absolute atomic E-state index is 10.4. The van der Waals surface area contributed by atoms with E-state index >= 15 is 0 Å². The molecule has 2 amide bonds. The number of rotatable bonds is 4. The van der Waals surface area contributed by atoms with Crippen molar-refractivity contribution < 1.29 is 9.53 Å². The fourth-order valence-electron chi connectivity index (χ4n) is 1.40. The summed E-state index contributed by atoms with van der Waals surface area (Å²) in [5, 5.41) is 3.65.